The first-order chi connectivity index (χ1) is 7.85. The first-order valence-corrected chi connectivity index (χ1v) is 5.78. The Morgan fingerprint density at radius 1 is 1.25 bits per heavy atom. The van der Waals surface area contributed by atoms with Crippen molar-refractivity contribution in [2.45, 2.75) is 5.41 Å². The molecule has 3 heteroatoms. The van der Waals surface area contributed by atoms with Gasteiger partial charge in [-0.2, -0.15) is 0 Å². The number of hydrogen-bond acceptors (Lipinski definition) is 3. The SMILES string of the molecule is COc1ccc(C2(C3CNC3)COC2)cc1. The molecule has 0 aromatic heterocycles. The van der Waals surface area contributed by atoms with Gasteiger partial charge in [-0.3, -0.25) is 0 Å². The highest BCUT2D eigenvalue weighted by Gasteiger charge is 2.49. The summed E-state index contributed by atoms with van der Waals surface area (Å²) in [5.41, 5.74) is 1.66. The fourth-order valence-corrected chi connectivity index (χ4v) is 2.56. The largest absolute Gasteiger partial charge is 0.497 e. The second kappa shape index (κ2) is 3.75. The molecular weight excluding hydrogens is 202 g/mol. The molecular formula is C13H17NO2. The average Bonchev–Trinajstić information content (AvgIpc) is 2.21. The molecule has 2 fully saturated rings. The Kier molecular flexibility index (Phi) is 2.37. The van der Waals surface area contributed by atoms with Gasteiger partial charge in [0.1, 0.15) is 5.75 Å². The maximum atomic E-state index is 5.45. The van der Waals surface area contributed by atoms with E-state index in [2.05, 4.69) is 17.4 Å². The number of rotatable bonds is 3. The van der Waals surface area contributed by atoms with E-state index in [9.17, 15) is 0 Å². The molecule has 1 aromatic rings. The van der Waals surface area contributed by atoms with Gasteiger partial charge >= 0.3 is 0 Å². The second-order valence-corrected chi connectivity index (χ2v) is 4.73. The molecule has 0 amide bonds. The zero-order valence-electron chi connectivity index (χ0n) is 9.53. The Balaban J connectivity index is 1.87. The Hall–Kier alpha value is -1.06. The molecule has 0 radical (unpaired) electrons. The normalized spacial score (nSPS) is 23.3. The van der Waals surface area contributed by atoms with E-state index in [0.717, 1.165) is 38.0 Å². The van der Waals surface area contributed by atoms with Crippen molar-refractivity contribution < 1.29 is 9.47 Å². The first kappa shape index (κ1) is 10.1. The molecule has 3 nitrogen and oxygen atoms in total. The van der Waals surface area contributed by atoms with Crippen LogP contribution in [-0.4, -0.2) is 33.4 Å². The van der Waals surface area contributed by atoms with Crippen LogP contribution in [0.2, 0.25) is 0 Å². The van der Waals surface area contributed by atoms with Crippen molar-refractivity contribution in [3.05, 3.63) is 29.8 Å². The minimum absolute atomic E-state index is 0.261. The Morgan fingerprint density at radius 2 is 1.94 bits per heavy atom. The lowest BCUT2D eigenvalue weighted by atomic mass is 9.66. The summed E-state index contributed by atoms with van der Waals surface area (Å²) in [4.78, 5) is 0. The zero-order valence-corrected chi connectivity index (χ0v) is 9.53. The lowest BCUT2D eigenvalue weighted by Gasteiger charge is -2.51. The van der Waals surface area contributed by atoms with Gasteiger partial charge < -0.3 is 14.8 Å². The maximum Gasteiger partial charge on any atom is 0.118 e. The van der Waals surface area contributed by atoms with Gasteiger partial charge in [0.25, 0.3) is 0 Å². The van der Waals surface area contributed by atoms with E-state index in [0.29, 0.717) is 0 Å². The predicted octanol–water partition coefficient (Wildman–Crippen LogP) is 1.18. The van der Waals surface area contributed by atoms with E-state index in [1.165, 1.54) is 5.56 Å². The fourth-order valence-electron chi connectivity index (χ4n) is 2.56. The first-order valence-electron chi connectivity index (χ1n) is 5.78. The number of benzene rings is 1. The minimum Gasteiger partial charge on any atom is -0.497 e. The molecule has 2 saturated heterocycles. The van der Waals surface area contributed by atoms with E-state index in [1.807, 2.05) is 12.1 Å². The summed E-state index contributed by atoms with van der Waals surface area (Å²) in [7, 11) is 1.70. The molecule has 1 N–H and O–H groups in total. The topological polar surface area (TPSA) is 30.5 Å². The van der Waals surface area contributed by atoms with Crippen molar-refractivity contribution in [1.29, 1.82) is 0 Å². The summed E-state index contributed by atoms with van der Waals surface area (Å²) in [6.45, 7) is 3.97. The van der Waals surface area contributed by atoms with Crippen LogP contribution in [0.4, 0.5) is 0 Å². The molecule has 16 heavy (non-hydrogen) atoms. The quantitative estimate of drug-likeness (QED) is 0.828. The van der Waals surface area contributed by atoms with E-state index in [-0.39, 0.29) is 5.41 Å². The highest BCUT2D eigenvalue weighted by atomic mass is 16.5. The lowest BCUT2D eigenvalue weighted by molar-refractivity contribution is -0.101. The number of nitrogens with one attached hydrogen (secondary N) is 1. The summed E-state index contributed by atoms with van der Waals surface area (Å²) in [6, 6.07) is 8.45. The molecule has 0 unspecified atom stereocenters. The highest BCUT2D eigenvalue weighted by Crippen LogP contribution is 2.41. The van der Waals surface area contributed by atoms with Gasteiger partial charge in [-0.15, -0.1) is 0 Å². The monoisotopic (exact) mass is 219 g/mol. The van der Waals surface area contributed by atoms with Gasteiger partial charge in [0.05, 0.1) is 20.3 Å². The molecule has 1 aromatic carbocycles. The van der Waals surface area contributed by atoms with Crippen LogP contribution >= 0.6 is 0 Å². The van der Waals surface area contributed by atoms with Crippen LogP contribution in [0.1, 0.15) is 5.56 Å². The standard InChI is InChI=1S/C13H17NO2/c1-15-12-4-2-10(3-5-12)13(8-16-9-13)11-6-14-7-11/h2-5,11,14H,6-9H2,1H3. The minimum atomic E-state index is 0.261. The summed E-state index contributed by atoms with van der Waals surface area (Å²) in [5, 5.41) is 3.35. The van der Waals surface area contributed by atoms with Gasteiger partial charge in [0, 0.05) is 18.5 Å². The van der Waals surface area contributed by atoms with Gasteiger partial charge in [-0.25, -0.2) is 0 Å². The van der Waals surface area contributed by atoms with Crippen molar-refractivity contribution >= 4 is 0 Å². The van der Waals surface area contributed by atoms with Crippen LogP contribution in [-0.2, 0) is 10.2 Å². The van der Waals surface area contributed by atoms with Crippen LogP contribution in [0.3, 0.4) is 0 Å². The average molecular weight is 219 g/mol. The Bertz CT molecular complexity index is 366. The van der Waals surface area contributed by atoms with Crippen molar-refractivity contribution in [2.75, 3.05) is 33.4 Å². The van der Waals surface area contributed by atoms with Crippen LogP contribution < -0.4 is 10.1 Å². The molecule has 0 bridgehead atoms. The van der Waals surface area contributed by atoms with Crippen LogP contribution in [0.5, 0.6) is 5.75 Å². The highest BCUT2D eigenvalue weighted by molar-refractivity contribution is 5.35. The van der Waals surface area contributed by atoms with Gasteiger partial charge in [0.15, 0.2) is 0 Å². The van der Waals surface area contributed by atoms with Gasteiger partial charge in [-0.05, 0) is 23.6 Å². The van der Waals surface area contributed by atoms with Crippen molar-refractivity contribution in [3.63, 3.8) is 0 Å². The molecule has 0 aliphatic carbocycles. The molecule has 86 valence electrons. The number of methoxy groups -OCH3 is 1. The van der Waals surface area contributed by atoms with Gasteiger partial charge in [-0.1, -0.05) is 12.1 Å². The Morgan fingerprint density at radius 3 is 2.31 bits per heavy atom. The predicted molar refractivity (Wildman–Crippen MR) is 61.9 cm³/mol. The van der Waals surface area contributed by atoms with Crippen LogP contribution in [0, 0.1) is 5.92 Å². The van der Waals surface area contributed by atoms with E-state index >= 15 is 0 Å². The van der Waals surface area contributed by atoms with E-state index in [4.69, 9.17) is 9.47 Å². The van der Waals surface area contributed by atoms with Gasteiger partial charge in [0.2, 0.25) is 0 Å². The second-order valence-electron chi connectivity index (χ2n) is 4.73. The summed E-state index contributed by atoms with van der Waals surface area (Å²) in [5.74, 6) is 1.65. The van der Waals surface area contributed by atoms with Crippen LogP contribution in [0.15, 0.2) is 24.3 Å². The smallest absolute Gasteiger partial charge is 0.118 e. The zero-order chi connectivity index (χ0) is 11.0. The van der Waals surface area contributed by atoms with Crippen LogP contribution in [0.25, 0.3) is 0 Å². The summed E-state index contributed by atoms with van der Waals surface area (Å²) < 4.78 is 10.6. The third-order valence-electron chi connectivity index (χ3n) is 3.95. The molecule has 3 rings (SSSR count). The van der Waals surface area contributed by atoms with E-state index < -0.39 is 0 Å². The maximum absolute atomic E-state index is 5.45. The van der Waals surface area contributed by atoms with Crippen molar-refractivity contribution in [2.24, 2.45) is 5.92 Å². The summed E-state index contributed by atoms with van der Waals surface area (Å²) in [6.07, 6.45) is 0. The summed E-state index contributed by atoms with van der Waals surface area (Å²) >= 11 is 0. The molecule has 2 aliphatic heterocycles. The molecule has 0 spiro atoms. The molecule has 2 aliphatic rings. The lowest BCUT2D eigenvalue weighted by Crippen LogP contribution is -2.62. The van der Waals surface area contributed by atoms with E-state index in [1.54, 1.807) is 7.11 Å². The fraction of sp³-hybridized carbons (Fsp3) is 0.538. The number of ether oxygens (including phenoxy) is 2. The molecule has 0 atom stereocenters. The third kappa shape index (κ3) is 1.35. The van der Waals surface area contributed by atoms with Crippen molar-refractivity contribution in [1.82, 2.24) is 5.32 Å². The molecule has 2 heterocycles. The number of hydrogen-bond donors (Lipinski definition) is 1. The third-order valence-corrected chi connectivity index (χ3v) is 3.95. The van der Waals surface area contributed by atoms with Crippen molar-refractivity contribution in [3.8, 4) is 5.75 Å². The molecule has 0 saturated carbocycles. The Labute approximate surface area is 95.8 Å².